The van der Waals surface area contributed by atoms with Gasteiger partial charge in [-0.15, -0.1) is 0 Å². The Morgan fingerprint density at radius 1 is 0.359 bits per heavy atom. The number of nitrogens with zero attached hydrogens (tertiary/aromatic N) is 4. The van der Waals surface area contributed by atoms with Gasteiger partial charge in [0.15, 0.2) is 5.78 Å². The molecular weight excluding hydrogens is 1610 g/mol. The van der Waals surface area contributed by atoms with Gasteiger partial charge in [0.1, 0.15) is 76.0 Å². The lowest BCUT2D eigenvalue weighted by atomic mass is 10.0. The molecular formula is C80H106N6O27S4. The second-order valence-corrected chi connectivity index (χ2v) is 30.9. The van der Waals surface area contributed by atoms with Gasteiger partial charge in [-0.1, -0.05) is 70.7 Å². The third kappa shape index (κ3) is 37.6. The van der Waals surface area contributed by atoms with Crippen molar-refractivity contribution in [1.82, 2.24) is 10.6 Å². The number of rotatable bonds is 57. The highest BCUT2D eigenvalue weighted by Crippen LogP contribution is 2.34. The zero-order valence-electron chi connectivity index (χ0n) is 65.1. The second kappa shape index (κ2) is 56.9. The van der Waals surface area contributed by atoms with Crippen molar-refractivity contribution in [1.29, 1.82) is 0 Å². The molecule has 14 N–H and O–H groups in total. The summed E-state index contributed by atoms with van der Waals surface area (Å²) in [6.45, 7) is -1.24. The average molecular weight is 1710 g/mol. The Balaban J connectivity index is 0.998. The molecule has 37 heteroatoms. The summed E-state index contributed by atoms with van der Waals surface area (Å²) < 4.78 is 65.9. The minimum Gasteiger partial charge on any atom is -0.394 e. The van der Waals surface area contributed by atoms with E-state index in [0.717, 1.165) is 62.0 Å². The molecule has 4 unspecified atom stereocenters. The minimum atomic E-state index is -0.782. The third-order valence-electron chi connectivity index (χ3n) is 16.8. The number of nitrogens with one attached hydrogen (secondary N) is 2. The van der Waals surface area contributed by atoms with Crippen molar-refractivity contribution in [2.45, 2.75) is 81.4 Å². The fraction of sp³-hybridized carbons (Fsp3) is 0.537. The zero-order chi connectivity index (χ0) is 83.8. The molecule has 0 bridgehead atoms. The first-order valence-corrected chi connectivity index (χ1v) is 41.0. The number of thioether (sulfide) groups is 4. The zero-order valence-corrected chi connectivity index (χ0v) is 68.3. The highest BCUT2D eigenvalue weighted by molar-refractivity contribution is 8.18. The number of aliphatic hydroxyl groups excluding tert-OH is 12. The van der Waals surface area contributed by atoms with Crippen LogP contribution in [0.4, 0.5) is 0 Å². The molecule has 0 aromatic heterocycles. The van der Waals surface area contributed by atoms with Gasteiger partial charge in [-0.3, -0.25) is 34.4 Å². The Kier molecular flexibility index (Phi) is 47.4. The van der Waals surface area contributed by atoms with E-state index in [2.05, 4.69) is 34.3 Å². The van der Waals surface area contributed by atoms with Crippen LogP contribution in [0, 0.1) is 23.7 Å². The number of carbonyl (C=O) groups is 3. The van der Waals surface area contributed by atoms with E-state index in [1.54, 1.807) is 42.5 Å². The Morgan fingerprint density at radius 3 is 0.855 bits per heavy atom. The van der Waals surface area contributed by atoms with Gasteiger partial charge in [-0.25, -0.2) is 0 Å². The molecule has 0 aliphatic carbocycles. The molecule has 3 aromatic rings. The van der Waals surface area contributed by atoms with Crippen LogP contribution in [-0.2, 0) is 56.8 Å². The van der Waals surface area contributed by atoms with Crippen molar-refractivity contribution in [3.8, 4) is 23.7 Å². The van der Waals surface area contributed by atoms with Crippen LogP contribution in [0.1, 0.15) is 97.1 Å². The van der Waals surface area contributed by atoms with Crippen LogP contribution in [0.15, 0.2) is 94.2 Å². The van der Waals surface area contributed by atoms with E-state index in [4.69, 9.17) is 76.8 Å². The van der Waals surface area contributed by atoms with Gasteiger partial charge in [0, 0.05) is 73.1 Å². The number of carbonyl (C=O) groups excluding carboxylic acids is 3. The Hall–Kier alpha value is -6.53. The summed E-state index contributed by atoms with van der Waals surface area (Å²) in [6.07, 6.45) is 3.91. The predicted octanol–water partition coefficient (Wildman–Crippen LogP) is 1.84. The van der Waals surface area contributed by atoms with Gasteiger partial charge in [0.05, 0.1) is 192 Å². The van der Waals surface area contributed by atoms with Gasteiger partial charge in [0.25, 0.3) is 11.8 Å². The van der Waals surface area contributed by atoms with Crippen molar-refractivity contribution < 1.29 is 133 Å². The Morgan fingerprint density at radius 2 is 0.615 bits per heavy atom. The molecule has 642 valence electrons. The van der Waals surface area contributed by atoms with Crippen LogP contribution in [0.3, 0.4) is 0 Å². The molecule has 0 saturated heterocycles. The number of amides is 2. The lowest BCUT2D eigenvalue weighted by Gasteiger charge is -2.17. The molecule has 0 saturated carbocycles. The van der Waals surface area contributed by atoms with Crippen molar-refractivity contribution >= 4 is 109 Å². The van der Waals surface area contributed by atoms with Crippen LogP contribution in [0.5, 0.6) is 0 Å². The van der Waals surface area contributed by atoms with E-state index in [1.807, 2.05) is 36.4 Å². The molecule has 4 heterocycles. The summed E-state index contributed by atoms with van der Waals surface area (Å²) in [4.78, 5) is 63.6. The maximum absolute atomic E-state index is 14.1. The average Bonchev–Trinajstić information content (AvgIpc) is 1.81. The highest BCUT2D eigenvalue weighted by atomic mass is 32.2. The summed E-state index contributed by atoms with van der Waals surface area (Å²) in [5, 5.41) is 122. The van der Waals surface area contributed by atoms with E-state index in [0.29, 0.717) is 79.7 Å². The van der Waals surface area contributed by atoms with E-state index in [9.17, 15) is 75.7 Å². The number of ketones is 1. The first kappa shape index (κ1) is 97.6. The van der Waals surface area contributed by atoms with E-state index in [-0.39, 0.29) is 178 Å². The van der Waals surface area contributed by atoms with Gasteiger partial charge >= 0.3 is 0 Å². The van der Waals surface area contributed by atoms with Crippen molar-refractivity contribution in [2.24, 2.45) is 20.0 Å². The molecule has 0 fully saturated rings. The molecule has 2 amide bonds. The second-order valence-electron chi connectivity index (χ2n) is 26.1. The minimum absolute atomic E-state index is 0.0180. The molecule has 117 heavy (non-hydrogen) atoms. The molecule has 0 radical (unpaired) electrons. The van der Waals surface area contributed by atoms with E-state index >= 15 is 0 Å². The summed E-state index contributed by atoms with van der Waals surface area (Å²) in [7, 11) is 0. The molecule has 0 spiro atoms. The van der Waals surface area contributed by atoms with Crippen LogP contribution in [-0.4, -0.2) is 346 Å². The number of benzene rings is 3. The lowest BCUT2D eigenvalue weighted by Crippen LogP contribution is -2.28. The topological polar surface area (TPSA) is 478 Å². The predicted molar refractivity (Wildman–Crippen MR) is 444 cm³/mol. The summed E-state index contributed by atoms with van der Waals surface area (Å²) >= 11 is 5.90. The normalized spacial score (nSPS) is 16.6. The SMILES string of the molecule is CC(=O)c1cc(C#CCNC(=O)c2cc(/C=C3/CN=C(CCOC(CO)COCOC(CO)CO)S3)cc(/C=C3/CN=C(CCOC(CO)COCOC(CO)CO)S3)c2)cc(C#CCNC(=O)c2cc(/C=C3/CN=C(CCOC(CO)COCOC(CO)CO)S3)cc(/C=C3/CN=C(CCOC(CO)COCOC(CO)CO)S3)c2)c1. The van der Waals surface area contributed by atoms with Crippen molar-refractivity contribution in [3.63, 3.8) is 0 Å². The molecule has 4 atom stereocenters. The van der Waals surface area contributed by atoms with Gasteiger partial charge in [0.2, 0.25) is 0 Å². The van der Waals surface area contributed by atoms with Crippen molar-refractivity contribution in [2.75, 3.05) is 199 Å². The fourth-order valence-corrected chi connectivity index (χ4v) is 14.3. The quantitative estimate of drug-likeness (QED) is 0.0166. The van der Waals surface area contributed by atoms with Gasteiger partial charge < -0.3 is 129 Å². The first-order valence-electron chi connectivity index (χ1n) is 37.7. The monoisotopic (exact) mass is 1710 g/mol. The molecule has 7 rings (SSSR count). The van der Waals surface area contributed by atoms with E-state index < -0.39 is 60.6 Å². The van der Waals surface area contributed by atoms with Gasteiger partial charge in [-0.05, 0) is 108 Å². The largest absolute Gasteiger partial charge is 0.394 e. The molecule has 33 nitrogen and oxygen atoms in total. The number of hydrogen-bond acceptors (Lipinski definition) is 35. The molecule has 4 aliphatic rings. The van der Waals surface area contributed by atoms with Crippen LogP contribution >= 0.6 is 47.0 Å². The highest BCUT2D eigenvalue weighted by Gasteiger charge is 2.23. The van der Waals surface area contributed by atoms with E-state index in [1.165, 1.54) is 54.0 Å². The lowest BCUT2D eigenvalue weighted by molar-refractivity contribution is -0.138. The van der Waals surface area contributed by atoms with Crippen LogP contribution < -0.4 is 10.6 Å². The number of hydrogen-bond donors (Lipinski definition) is 14. The first-order chi connectivity index (χ1) is 57.0. The maximum Gasteiger partial charge on any atom is 0.252 e. The Bertz CT molecular complexity index is 3560. The number of aliphatic hydroxyl groups is 12. The molecule has 4 aliphatic heterocycles. The fourth-order valence-electron chi connectivity index (χ4n) is 10.6. The summed E-state index contributed by atoms with van der Waals surface area (Å²) in [5.74, 6) is 11.1. The van der Waals surface area contributed by atoms with Crippen molar-refractivity contribution in [3.05, 3.63) is 124 Å². The van der Waals surface area contributed by atoms with Crippen LogP contribution in [0.25, 0.3) is 24.3 Å². The van der Waals surface area contributed by atoms with Crippen LogP contribution in [0.2, 0.25) is 0 Å². The number of ether oxygens (including phenoxy) is 12. The number of Topliss-reactive ketones (excluding diaryl/α,β-unsaturated/α-hetero) is 1. The summed E-state index contributed by atoms with van der Waals surface area (Å²) in [5.41, 5.74) is 4.84. The molecule has 3 aromatic carbocycles. The Labute approximate surface area is 696 Å². The summed E-state index contributed by atoms with van der Waals surface area (Å²) in [6, 6.07) is 15.9. The third-order valence-corrected chi connectivity index (χ3v) is 21.1. The standard InChI is InChI=1S/C80H106N6O27S4/c1-53(99)60-19-54(4-2-10-81-79(100)61-21-56(25-71-29-83-75(114-71)6-12-106-67(41-95)45-102-49-110-63(33-87)34-88)17-57(22-61)26-72-30-84-76(115-72)7-13-107-68(42-96)46-103-50-111-64(35-89)36-90)16-55(20-60)5-3-11-82-80(101)62-23-58(27-73-31-85-77(116-73)8-14-108-69(43-97)47-104-51-112-65(37-91)38-92)18-59(24-62)28-74-32-86-78(117-74)9-15-109-70(44-98)48-105-52-113-66(39-93)40-94/h16-28,63-70,87-98H,6-15,29-52H2,1H3,(H,81,100)(H,82,101)/b71-25-,72-26-,73-27-,74-28-. The maximum atomic E-state index is 14.1. The number of aliphatic imine (C=N–C) groups is 4. The smallest absolute Gasteiger partial charge is 0.252 e. The van der Waals surface area contributed by atoms with Gasteiger partial charge in [-0.2, -0.15) is 0 Å².